The van der Waals surface area contributed by atoms with Crippen LogP contribution in [0.15, 0.2) is 41.3 Å². The van der Waals surface area contributed by atoms with Crippen LogP contribution in [0.25, 0.3) is 5.69 Å². The fourth-order valence-electron chi connectivity index (χ4n) is 2.52. The molecule has 0 aliphatic rings. The number of tetrazole rings is 1. The lowest BCUT2D eigenvalue weighted by molar-refractivity contribution is 0.102. The molecular weight excluding hydrogens is 406 g/mol. The van der Waals surface area contributed by atoms with E-state index in [2.05, 4.69) is 25.6 Å². The van der Waals surface area contributed by atoms with E-state index in [4.69, 9.17) is 0 Å². The molecular formula is C17H16F2N6O3S. The smallest absolute Gasteiger partial charge is 0.258 e. The Balaban J connectivity index is 1.92. The highest BCUT2D eigenvalue weighted by atomic mass is 32.2. The molecule has 0 unspecified atom stereocenters. The SMILES string of the molecule is CCNS(=O)(=O)c1ccc(F)c(C(=O)Nc2ccc(F)c(-n3nnnc3C)c2)c1. The van der Waals surface area contributed by atoms with E-state index in [1.54, 1.807) is 13.8 Å². The second-order valence-electron chi connectivity index (χ2n) is 5.90. The molecule has 0 radical (unpaired) electrons. The van der Waals surface area contributed by atoms with Crippen molar-refractivity contribution in [1.29, 1.82) is 0 Å². The third kappa shape index (κ3) is 4.27. The predicted molar refractivity (Wildman–Crippen MR) is 99.1 cm³/mol. The first kappa shape index (κ1) is 20.5. The van der Waals surface area contributed by atoms with Crippen LogP contribution in [-0.4, -0.2) is 41.1 Å². The van der Waals surface area contributed by atoms with E-state index < -0.39 is 33.1 Å². The minimum atomic E-state index is -3.87. The average molecular weight is 422 g/mol. The highest BCUT2D eigenvalue weighted by molar-refractivity contribution is 7.89. The maximum atomic E-state index is 14.1. The molecule has 2 aromatic carbocycles. The second-order valence-corrected chi connectivity index (χ2v) is 7.67. The van der Waals surface area contributed by atoms with Gasteiger partial charge in [0.1, 0.15) is 17.3 Å². The number of aromatic nitrogens is 4. The third-order valence-corrected chi connectivity index (χ3v) is 5.43. The molecule has 1 amide bonds. The number of carbonyl (C=O) groups is 1. The first-order valence-electron chi connectivity index (χ1n) is 8.38. The Morgan fingerprint density at radius 3 is 2.52 bits per heavy atom. The lowest BCUT2D eigenvalue weighted by atomic mass is 10.2. The maximum Gasteiger partial charge on any atom is 0.258 e. The number of nitrogens with one attached hydrogen (secondary N) is 2. The first-order valence-corrected chi connectivity index (χ1v) is 9.86. The van der Waals surface area contributed by atoms with Crippen LogP contribution < -0.4 is 10.0 Å². The van der Waals surface area contributed by atoms with Crippen molar-refractivity contribution in [1.82, 2.24) is 24.9 Å². The fourth-order valence-corrected chi connectivity index (χ4v) is 3.59. The standard InChI is InChI=1S/C17H16F2N6O3S/c1-3-20-29(27,28)12-5-7-14(18)13(9-12)17(26)21-11-4-6-15(19)16(8-11)25-10(2)22-23-24-25/h4-9,20H,3H2,1-2H3,(H,21,26). The number of aryl methyl sites for hydroxylation is 1. The zero-order valence-electron chi connectivity index (χ0n) is 15.3. The topological polar surface area (TPSA) is 119 Å². The number of carbonyl (C=O) groups excluding carboxylic acids is 1. The Morgan fingerprint density at radius 1 is 1.14 bits per heavy atom. The number of benzene rings is 2. The van der Waals surface area contributed by atoms with E-state index in [0.717, 1.165) is 28.9 Å². The van der Waals surface area contributed by atoms with E-state index in [1.807, 2.05) is 0 Å². The molecule has 1 aromatic heterocycles. The zero-order chi connectivity index (χ0) is 21.2. The average Bonchev–Trinajstić information content (AvgIpc) is 3.09. The molecule has 0 spiro atoms. The van der Waals surface area contributed by atoms with E-state index in [9.17, 15) is 22.0 Å². The number of rotatable bonds is 6. The van der Waals surface area contributed by atoms with Gasteiger partial charge in [0, 0.05) is 12.2 Å². The molecule has 0 atom stereocenters. The largest absolute Gasteiger partial charge is 0.322 e. The summed E-state index contributed by atoms with van der Waals surface area (Å²) in [6.45, 7) is 3.29. The van der Waals surface area contributed by atoms with Crippen LogP contribution in [0.4, 0.5) is 14.5 Å². The van der Waals surface area contributed by atoms with Gasteiger partial charge in [-0.3, -0.25) is 4.79 Å². The van der Waals surface area contributed by atoms with Crippen LogP contribution >= 0.6 is 0 Å². The van der Waals surface area contributed by atoms with Crippen molar-refractivity contribution in [3.63, 3.8) is 0 Å². The Hall–Kier alpha value is -3.25. The number of anilines is 1. The summed E-state index contributed by atoms with van der Waals surface area (Å²) >= 11 is 0. The van der Waals surface area contributed by atoms with Crippen molar-refractivity contribution in [2.45, 2.75) is 18.7 Å². The van der Waals surface area contributed by atoms with Gasteiger partial charge in [-0.05, 0) is 53.7 Å². The van der Waals surface area contributed by atoms with Gasteiger partial charge < -0.3 is 5.32 Å². The Labute approximate surface area is 164 Å². The third-order valence-electron chi connectivity index (χ3n) is 3.88. The first-order chi connectivity index (χ1) is 13.7. The maximum absolute atomic E-state index is 14.1. The molecule has 12 heteroatoms. The van der Waals surface area contributed by atoms with Crippen molar-refractivity contribution in [3.05, 3.63) is 59.4 Å². The molecule has 2 N–H and O–H groups in total. The molecule has 0 saturated carbocycles. The summed E-state index contributed by atoms with van der Waals surface area (Å²) in [5.74, 6) is -2.12. The Morgan fingerprint density at radius 2 is 1.86 bits per heavy atom. The van der Waals surface area contributed by atoms with Crippen LogP contribution in [0.1, 0.15) is 23.1 Å². The van der Waals surface area contributed by atoms with Gasteiger partial charge in [-0.15, -0.1) is 5.10 Å². The normalized spacial score (nSPS) is 11.4. The summed E-state index contributed by atoms with van der Waals surface area (Å²) in [6.07, 6.45) is 0. The summed E-state index contributed by atoms with van der Waals surface area (Å²) < 4.78 is 55.9. The zero-order valence-corrected chi connectivity index (χ0v) is 16.2. The highest BCUT2D eigenvalue weighted by Gasteiger charge is 2.20. The lowest BCUT2D eigenvalue weighted by Crippen LogP contribution is -2.24. The summed E-state index contributed by atoms with van der Waals surface area (Å²) in [5, 5.41) is 13.2. The number of nitrogens with zero attached hydrogens (tertiary/aromatic N) is 4. The minimum absolute atomic E-state index is 0.0192. The van der Waals surface area contributed by atoms with E-state index in [0.29, 0.717) is 5.82 Å². The van der Waals surface area contributed by atoms with Crippen LogP contribution in [0.3, 0.4) is 0 Å². The summed E-state index contributed by atoms with van der Waals surface area (Å²) in [7, 11) is -3.87. The van der Waals surface area contributed by atoms with E-state index in [1.165, 1.54) is 12.1 Å². The molecule has 0 aliphatic heterocycles. The van der Waals surface area contributed by atoms with Gasteiger partial charge in [-0.1, -0.05) is 6.92 Å². The van der Waals surface area contributed by atoms with Gasteiger partial charge in [0.15, 0.2) is 5.82 Å². The summed E-state index contributed by atoms with van der Waals surface area (Å²) in [5.41, 5.74) is -0.358. The summed E-state index contributed by atoms with van der Waals surface area (Å²) in [6, 6.07) is 6.51. The molecule has 29 heavy (non-hydrogen) atoms. The van der Waals surface area contributed by atoms with Crippen molar-refractivity contribution >= 4 is 21.6 Å². The Bertz CT molecular complexity index is 1180. The van der Waals surface area contributed by atoms with Gasteiger partial charge in [-0.25, -0.2) is 21.9 Å². The molecule has 1 heterocycles. The molecule has 0 fully saturated rings. The number of hydrogen-bond acceptors (Lipinski definition) is 6. The molecule has 0 saturated heterocycles. The summed E-state index contributed by atoms with van der Waals surface area (Å²) in [4.78, 5) is 12.3. The highest BCUT2D eigenvalue weighted by Crippen LogP contribution is 2.21. The van der Waals surface area contributed by atoms with Crippen molar-refractivity contribution < 1.29 is 22.0 Å². The lowest BCUT2D eigenvalue weighted by Gasteiger charge is -2.11. The number of halogens is 2. The van der Waals surface area contributed by atoms with Crippen molar-refractivity contribution in [2.24, 2.45) is 0 Å². The number of amides is 1. The Kier molecular flexibility index (Phi) is 5.66. The van der Waals surface area contributed by atoms with Crippen LogP contribution in [-0.2, 0) is 10.0 Å². The number of sulfonamides is 1. The van der Waals surface area contributed by atoms with Gasteiger partial charge in [-0.2, -0.15) is 4.68 Å². The van der Waals surface area contributed by atoms with Crippen molar-refractivity contribution in [3.8, 4) is 5.69 Å². The predicted octanol–water partition coefficient (Wildman–Crippen LogP) is 1.80. The van der Waals surface area contributed by atoms with Crippen molar-refractivity contribution in [2.75, 3.05) is 11.9 Å². The molecule has 0 aliphatic carbocycles. The van der Waals surface area contributed by atoms with Gasteiger partial charge >= 0.3 is 0 Å². The molecule has 0 bridgehead atoms. The number of hydrogen-bond donors (Lipinski definition) is 2. The van der Waals surface area contributed by atoms with Gasteiger partial charge in [0.2, 0.25) is 10.0 Å². The molecule has 9 nitrogen and oxygen atoms in total. The quantitative estimate of drug-likeness (QED) is 0.625. The minimum Gasteiger partial charge on any atom is -0.322 e. The second kappa shape index (κ2) is 8.01. The van der Waals surface area contributed by atoms with E-state index in [-0.39, 0.29) is 22.8 Å². The van der Waals surface area contributed by atoms with Gasteiger partial charge in [0.05, 0.1) is 10.5 Å². The fraction of sp³-hybridized carbons (Fsp3) is 0.176. The van der Waals surface area contributed by atoms with Crippen LogP contribution in [0.2, 0.25) is 0 Å². The van der Waals surface area contributed by atoms with E-state index >= 15 is 0 Å². The monoisotopic (exact) mass is 422 g/mol. The van der Waals surface area contributed by atoms with Crippen LogP contribution in [0, 0.1) is 18.6 Å². The molecule has 152 valence electrons. The van der Waals surface area contributed by atoms with Crippen LogP contribution in [0.5, 0.6) is 0 Å². The molecule has 3 rings (SSSR count). The molecule has 3 aromatic rings. The van der Waals surface area contributed by atoms with Gasteiger partial charge in [0.25, 0.3) is 5.91 Å².